The molecular formula is C14H19F2N3O. The van der Waals surface area contributed by atoms with E-state index in [9.17, 15) is 13.6 Å². The number of nitrogens with zero attached hydrogens (tertiary/aromatic N) is 2. The fraction of sp³-hybridized carbons (Fsp3) is 0.500. The first-order valence-corrected chi connectivity index (χ1v) is 6.55. The van der Waals surface area contributed by atoms with Crippen LogP contribution in [0.4, 0.5) is 14.5 Å². The van der Waals surface area contributed by atoms with Gasteiger partial charge in [0, 0.05) is 12.6 Å². The third-order valence-electron chi connectivity index (χ3n) is 3.81. The zero-order chi connectivity index (χ0) is 15.0. The van der Waals surface area contributed by atoms with Crippen LogP contribution in [0.25, 0.3) is 0 Å². The lowest BCUT2D eigenvalue weighted by Crippen LogP contribution is -2.35. The van der Waals surface area contributed by atoms with Gasteiger partial charge in [0.05, 0.1) is 6.04 Å². The van der Waals surface area contributed by atoms with E-state index in [4.69, 9.17) is 5.73 Å². The molecule has 0 saturated carbocycles. The Bertz CT molecular complexity index is 510. The number of halogens is 2. The maximum atomic E-state index is 14.2. The number of rotatable bonds is 3. The average Bonchev–Trinajstić information content (AvgIpc) is 2.69. The highest BCUT2D eigenvalue weighted by atomic mass is 19.1. The van der Waals surface area contributed by atoms with Gasteiger partial charge < -0.3 is 15.5 Å². The highest BCUT2D eigenvalue weighted by molar-refractivity contribution is 5.99. The summed E-state index contributed by atoms with van der Waals surface area (Å²) in [5.41, 5.74) is 5.82. The Morgan fingerprint density at radius 2 is 1.90 bits per heavy atom. The monoisotopic (exact) mass is 283 g/mol. The first-order chi connectivity index (χ1) is 9.32. The van der Waals surface area contributed by atoms with E-state index in [-0.39, 0.29) is 18.3 Å². The molecular weight excluding hydrogens is 264 g/mol. The van der Waals surface area contributed by atoms with Crippen LogP contribution in [0.2, 0.25) is 0 Å². The fourth-order valence-corrected chi connectivity index (χ4v) is 2.31. The topological polar surface area (TPSA) is 49.6 Å². The van der Waals surface area contributed by atoms with Gasteiger partial charge in [0.25, 0.3) is 0 Å². The summed E-state index contributed by atoms with van der Waals surface area (Å²) >= 11 is 0. The summed E-state index contributed by atoms with van der Waals surface area (Å²) in [5, 5.41) is 0. The predicted octanol–water partition coefficient (Wildman–Crippen LogP) is 1.65. The highest BCUT2D eigenvalue weighted by Gasteiger charge is 2.33. The molecule has 0 spiro atoms. The van der Waals surface area contributed by atoms with Gasteiger partial charge in [0.1, 0.15) is 17.3 Å². The van der Waals surface area contributed by atoms with E-state index in [2.05, 4.69) is 0 Å². The van der Waals surface area contributed by atoms with Gasteiger partial charge in [-0.25, -0.2) is 8.78 Å². The minimum Gasteiger partial charge on any atom is -0.320 e. The summed E-state index contributed by atoms with van der Waals surface area (Å²) in [6.45, 7) is 2.10. The molecule has 1 amide bonds. The lowest BCUT2D eigenvalue weighted by molar-refractivity contribution is -0.118. The molecule has 2 rings (SSSR count). The number of carbonyl (C=O) groups is 1. The summed E-state index contributed by atoms with van der Waals surface area (Å²) in [7, 11) is 3.66. The Hall–Kier alpha value is -1.53. The van der Waals surface area contributed by atoms with Crippen molar-refractivity contribution < 1.29 is 13.6 Å². The Balaban J connectivity index is 2.40. The molecule has 1 aromatic carbocycles. The van der Waals surface area contributed by atoms with Crippen LogP contribution in [0.1, 0.15) is 24.9 Å². The van der Waals surface area contributed by atoms with Crippen LogP contribution in [-0.4, -0.2) is 37.5 Å². The molecule has 0 radical (unpaired) electrons. The molecule has 1 fully saturated rings. The molecule has 0 aromatic heterocycles. The summed E-state index contributed by atoms with van der Waals surface area (Å²) in [4.78, 5) is 14.7. The van der Waals surface area contributed by atoms with E-state index in [1.165, 1.54) is 12.1 Å². The minimum atomic E-state index is -0.726. The van der Waals surface area contributed by atoms with Crippen molar-refractivity contribution in [1.82, 2.24) is 4.90 Å². The largest absolute Gasteiger partial charge is 0.320 e. The lowest BCUT2D eigenvalue weighted by atomic mass is 10.1. The number of anilines is 1. The van der Waals surface area contributed by atoms with Gasteiger partial charge in [-0.1, -0.05) is 0 Å². The van der Waals surface area contributed by atoms with Crippen molar-refractivity contribution in [2.24, 2.45) is 5.73 Å². The Labute approximate surface area is 117 Å². The van der Waals surface area contributed by atoms with Crippen molar-refractivity contribution >= 4 is 11.6 Å². The molecule has 2 unspecified atom stereocenters. The molecule has 6 heteroatoms. The zero-order valence-corrected chi connectivity index (χ0v) is 11.9. The third-order valence-corrected chi connectivity index (χ3v) is 3.81. The summed E-state index contributed by atoms with van der Waals surface area (Å²) in [6, 6.07) is 1.76. The van der Waals surface area contributed by atoms with Gasteiger partial charge in [0.2, 0.25) is 5.91 Å². The highest BCUT2D eigenvalue weighted by Crippen LogP contribution is 2.31. The maximum Gasteiger partial charge on any atom is 0.244 e. The quantitative estimate of drug-likeness (QED) is 0.917. The van der Waals surface area contributed by atoms with E-state index in [1.54, 1.807) is 0 Å². The van der Waals surface area contributed by atoms with Gasteiger partial charge in [0.15, 0.2) is 0 Å². The van der Waals surface area contributed by atoms with Gasteiger partial charge in [-0.3, -0.25) is 4.79 Å². The van der Waals surface area contributed by atoms with Gasteiger partial charge in [-0.2, -0.15) is 0 Å². The number of benzene rings is 1. The molecule has 1 saturated heterocycles. The van der Waals surface area contributed by atoms with E-state index in [0.29, 0.717) is 12.0 Å². The lowest BCUT2D eigenvalue weighted by Gasteiger charge is -2.23. The Morgan fingerprint density at radius 1 is 1.35 bits per heavy atom. The summed E-state index contributed by atoms with van der Waals surface area (Å²) < 4.78 is 28.4. The smallest absolute Gasteiger partial charge is 0.244 e. The first kappa shape index (κ1) is 14.9. The zero-order valence-electron chi connectivity index (χ0n) is 11.9. The number of amides is 1. The fourth-order valence-electron chi connectivity index (χ4n) is 2.31. The standard InChI is InChI=1S/C14H19F2N3O/c1-8(18(2)3)9-6-10(15)13(11(16)7-9)19-5-4-12(17)14(19)20/h6-8,12H,4-5,17H2,1-3H3. The van der Waals surface area contributed by atoms with E-state index < -0.39 is 23.6 Å². The van der Waals surface area contributed by atoms with E-state index in [1.807, 2.05) is 25.9 Å². The van der Waals surface area contributed by atoms with Crippen molar-refractivity contribution in [2.75, 3.05) is 25.5 Å². The van der Waals surface area contributed by atoms with Crippen molar-refractivity contribution in [3.63, 3.8) is 0 Å². The second kappa shape index (κ2) is 5.46. The van der Waals surface area contributed by atoms with Crippen LogP contribution < -0.4 is 10.6 Å². The maximum absolute atomic E-state index is 14.2. The van der Waals surface area contributed by atoms with Crippen LogP contribution in [-0.2, 0) is 4.79 Å². The number of hydrogen-bond acceptors (Lipinski definition) is 3. The van der Waals surface area contributed by atoms with Crippen molar-refractivity contribution in [1.29, 1.82) is 0 Å². The molecule has 110 valence electrons. The van der Waals surface area contributed by atoms with Crippen LogP contribution in [0, 0.1) is 11.6 Å². The molecule has 2 atom stereocenters. The van der Waals surface area contributed by atoms with Gasteiger partial charge >= 0.3 is 0 Å². The molecule has 1 aliphatic rings. The van der Waals surface area contributed by atoms with Crippen LogP contribution in [0.3, 0.4) is 0 Å². The molecule has 1 aromatic rings. The molecule has 1 heterocycles. The average molecular weight is 283 g/mol. The Morgan fingerprint density at radius 3 is 2.30 bits per heavy atom. The summed E-state index contributed by atoms with van der Waals surface area (Å²) in [6.07, 6.45) is 0.410. The minimum absolute atomic E-state index is 0.121. The molecule has 0 aliphatic carbocycles. The Kier molecular flexibility index (Phi) is 4.06. The first-order valence-electron chi connectivity index (χ1n) is 6.55. The number of hydrogen-bond donors (Lipinski definition) is 1. The SMILES string of the molecule is CC(c1cc(F)c(N2CCC(N)C2=O)c(F)c1)N(C)C. The van der Waals surface area contributed by atoms with E-state index >= 15 is 0 Å². The second-order valence-corrected chi connectivity index (χ2v) is 5.36. The number of carbonyl (C=O) groups excluding carboxylic acids is 1. The van der Waals surface area contributed by atoms with Gasteiger partial charge in [-0.05, 0) is 45.1 Å². The molecule has 4 nitrogen and oxygen atoms in total. The summed E-state index contributed by atoms with van der Waals surface area (Å²) in [5.74, 6) is -1.89. The van der Waals surface area contributed by atoms with Crippen molar-refractivity contribution in [2.45, 2.75) is 25.4 Å². The van der Waals surface area contributed by atoms with Gasteiger partial charge in [-0.15, -0.1) is 0 Å². The molecule has 20 heavy (non-hydrogen) atoms. The van der Waals surface area contributed by atoms with Crippen LogP contribution >= 0.6 is 0 Å². The van der Waals surface area contributed by atoms with Crippen LogP contribution in [0.5, 0.6) is 0 Å². The van der Waals surface area contributed by atoms with E-state index in [0.717, 1.165) is 4.90 Å². The van der Waals surface area contributed by atoms with Crippen molar-refractivity contribution in [3.8, 4) is 0 Å². The van der Waals surface area contributed by atoms with Crippen molar-refractivity contribution in [3.05, 3.63) is 29.3 Å². The second-order valence-electron chi connectivity index (χ2n) is 5.36. The third kappa shape index (κ3) is 2.53. The van der Waals surface area contributed by atoms with Crippen LogP contribution in [0.15, 0.2) is 12.1 Å². The molecule has 1 aliphatic heterocycles. The molecule has 2 N–H and O–H groups in total. The predicted molar refractivity (Wildman–Crippen MR) is 73.4 cm³/mol. The number of nitrogens with two attached hydrogens (primary N) is 1. The normalized spacial score (nSPS) is 20.9. The molecule has 0 bridgehead atoms.